The van der Waals surface area contributed by atoms with Gasteiger partial charge in [0, 0.05) is 11.6 Å². The average molecular weight is 212 g/mol. The summed E-state index contributed by atoms with van der Waals surface area (Å²) in [6.45, 7) is 4.16. The molecule has 4 nitrogen and oxygen atoms in total. The third-order valence-corrected chi connectivity index (χ3v) is 4.48. The number of nitrogens with zero attached hydrogens (tertiary/aromatic N) is 1. The molecule has 0 spiro atoms. The predicted molar refractivity (Wildman–Crippen MR) is 58.0 cm³/mol. The highest BCUT2D eigenvalue weighted by molar-refractivity contribution is 5.68. The van der Waals surface area contributed by atoms with E-state index in [-0.39, 0.29) is 11.1 Å². The molecule has 0 radical (unpaired) electrons. The molecule has 2 heterocycles. The van der Waals surface area contributed by atoms with Crippen molar-refractivity contribution in [1.82, 2.24) is 10.2 Å². The van der Waals surface area contributed by atoms with Crippen LogP contribution < -0.4 is 5.32 Å². The van der Waals surface area contributed by atoms with Gasteiger partial charge in [-0.1, -0.05) is 0 Å². The molecule has 2 aliphatic heterocycles. The zero-order chi connectivity index (χ0) is 11.3. The van der Waals surface area contributed by atoms with Gasteiger partial charge in [-0.25, -0.2) is 4.79 Å². The van der Waals surface area contributed by atoms with Gasteiger partial charge in [0.2, 0.25) is 0 Å². The zero-order valence-corrected chi connectivity index (χ0v) is 9.71. The van der Waals surface area contributed by atoms with E-state index < -0.39 is 6.09 Å². The van der Waals surface area contributed by atoms with Crippen molar-refractivity contribution in [2.24, 2.45) is 0 Å². The molecule has 2 bridgehead atoms. The number of hydrogen-bond acceptors (Lipinski definition) is 2. The second-order valence-electron chi connectivity index (χ2n) is 5.35. The Morgan fingerprint density at radius 1 is 1.40 bits per heavy atom. The molecule has 2 rings (SSSR count). The summed E-state index contributed by atoms with van der Waals surface area (Å²) >= 11 is 0. The lowest BCUT2D eigenvalue weighted by atomic mass is 9.82. The molecule has 2 fully saturated rings. The van der Waals surface area contributed by atoms with Gasteiger partial charge in [-0.05, 0) is 46.6 Å². The largest absolute Gasteiger partial charge is 0.465 e. The summed E-state index contributed by atoms with van der Waals surface area (Å²) < 4.78 is 0. The standard InChI is InChI=1S/C11H20N2O2/c1-10-5-4-8(12-3)11(2,7-6-10)13(10)9(14)15/h8,12H,4-7H2,1-3H3,(H,14,15). The first-order valence-electron chi connectivity index (χ1n) is 5.64. The fraction of sp³-hybridized carbons (Fsp3) is 0.909. The van der Waals surface area contributed by atoms with Crippen LogP contribution >= 0.6 is 0 Å². The van der Waals surface area contributed by atoms with E-state index in [0.717, 1.165) is 25.7 Å². The highest BCUT2D eigenvalue weighted by Gasteiger charge is 2.58. The summed E-state index contributed by atoms with van der Waals surface area (Å²) in [7, 11) is 1.93. The lowest BCUT2D eigenvalue weighted by Crippen LogP contribution is -2.65. The Hall–Kier alpha value is -0.770. The summed E-state index contributed by atoms with van der Waals surface area (Å²) in [5.41, 5.74) is -0.346. The number of carbonyl (C=O) groups is 1. The molecule has 3 unspecified atom stereocenters. The maximum atomic E-state index is 11.4. The summed E-state index contributed by atoms with van der Waals surface area (Å²) in [4.78, 5) is 13.1. The fourth-order valence-electron chi connectivity index (χ4n) is 3.60. The predicted octanol–water partition coefficient (Wildman–Crippen LogP) is 1.66. The van der Waals surface area contributed by atoms with E-state index in [2.05, 4.69) is 19.2 Å². The smallest absolute Gasteiger partial charge is 0.408 e. The molecule has 4 heteroatoms. The zero-order valence-electron chi connectivity index (χ0n) is 9.71. The summed E-state index contributed by atoms with van der Waals surface area (Å²) in [6.07, 6.45) is 3.25. The molecule has 1 amide bonds. The third-order valence-electron chi connectivity index (χ3n) is 4.48. The topological polar surface area (TPSA) is 52.6 Å². The number of rotatable bonds is 1. The second kappa shape index (κ2) is 3.11. The van der Waals surface area contributed by atoms with Gasteiger partial charge >= 0.3 is 6.09 Å². The number of hydrogen-bond donors (Lipinski definition) is 2. The van der Waals surface area contributed by atoms with Gasteiger partial charge in [-0.3, -0.25) is 4.90 Å². The van der Waals surface area contributed by atoms with E-state index in [4.69, 9.17) is 0 Å². The van der Waals surface area contributed by atoms with Crippen LogP contribution in [-0.4, -0.2) is 40.3 Å². The SMILES string of the molecule is CNC1CCC2(C)CCC1(C)N2C(=O)O. The van der Waals surface area contributed by atoms with E-state index in [9.17, 15) is 9.90 Å². The summed E-state index contributed by atoms with van der Waals surface area (Å²) in [5, 5.41) is 12.6. The molecule has 0 aromatic carbocycles. The van der Waals surface area contributed by atoms with Crippen LogP contribution in [0.15, 0.2) is 0 Å². The van der Waals surface area contributed by atoms with E-state index in [1.165, 1.54) is 0 Å². The Kier molecular flexibility index (Phi) is 2.23. The number of piperidine rings is 1. The summed E-state index contributed by atoms with van der Waals surface area (Å²) in [6, 6.07) is 0.296. The molecule has 2 saturated heterocycles. The van der Waals surface area contributed by atoms with Crippen LogP contribution in [0.5, 0.6) is 0 Å². The van der Waals surface area contributed by atoms with Crippen LogP contribution in [0.3, 0.4) is 0 Å². The van der Waals surface area contributed by atoms with Gasteiger partial charge in [0.25, 0.3) is 0 Å². The Labute approximate surface area is 90.6 Å². The quantitative estimate of drug-likeness (QED) is 0.695. The fourth-order valence-corrected chi connectivity index (χ4v) is 3.60. The Balaban J connectivity index is 2.39. The van der Waals surface area contributed by atoms with Gasteiger partial charge in [0.1, 0.15) is 0 Å². The molecule has 15 heavy (non-hydrogen) atoms. The minimum atomic E-state index is -0.766. The monoisotopic (exact) mass is 212 g/mol. The molecule has 3 atom stereocenters. The van der Waals surface area contributed by atoms with Crippen molar-refractivity contribution in [3.8, 4) is 0 Å². The number of carboxylic acid groups (broad SMARTS) is 1. The first kappa shape index (κ1) is 10.7. The van der Waals surface area contributed by atoms with Crippen LogP contribution in [0, 0.1) is 0 Å². The van der Waals surface area contributed by atoms with E-state index in [0.29, 0.717) is 6.04 Å². The van der Waals surface area contributed by atoms with Gasteiger partial charge in [-0.2, -0.15) is 0 Å². The lowest BCUT2D eigenvalue weighted by molar-refractivity contribution is 0.00255. The van der Waals surface area contributed by atoms with E-state index in [1.807, 2.05) is 7.05 Å². The first-order valence-corrected chi connectivity index (χ1v) is 5.64. The molecular weight excluding hydrogens is 192 g/mol. The van der Waals surface area contributed by atoms with Gasteiger partial charge in [0.05, 0.1) is 5.54 Å². The second-order valence-corrected chi connectivity index (χ2v) is 5.35. The Morgan fingerprint density at radius 2 is 2.07 bits per heavy atom. The molecule has 0 aromatic heterocycles. The third kappa shape index (κ3) is 1.27. The van der Waals surface area contributed by atoms with Crippen molar-refractivity contribution in [2.45, 2.75) is 56.7 Å². The molecule has 0 saturated carbocycles. The minimum Gasteiger partial charge on any atom is -0.465 e. The molecule has 0 aromatic rings. The Bertz CT molecular complexity index is 294. The van der Waals surface area contributed by atoms with Crippen LogP contribution in [0.1, 0.15) is 39.5 Å². The first-order chi connectivity index (χ1) is 6.94. The van der Waals surface area contributed by atoms with Crippen molar-refractivity contribution in [3.63, 3.8) is 0 Å². The molecule has 2 N–H and O–H groups in total. The van der Waals surface area contributed by atoms with Gasteiger partial charge in [-0.15, -0.1) is 0 Å². The highest BCUT2D eigenvalue weighted by Crippen LogP contribution is 2.50. The number of amides is 1. The number of likely N-dealkylation sites (N-methyl/N-ethyl adjacent to an activating group) is 1. The normalized spacial score (nSPS) is 44.5. The van der Waals surface area contributed by atoms with Crippen LogP contribution in [0.4, 0.5) is 4.79 Å². The molecule has 2 aliphatic rings. The number of fused-ring (bicyclic) bond motifs is 2. The van der Waals surface area contributed by atoms with Gasteiger partial charge < -0.3 is 10.4 Å². The molecule has 86 valence electrons. The maximum Gasteiger partial charge on any atom is 0.408 e. The van der Waals surface area contributed by atoms with Crippen molar-refractivity contribution in [1.29, 1.82) is 0 Å². The Morgan fingerprint density at radius 3 is 2.60 bits per heavy atom. The van der Waals surface area contributed by atoms with Crippen LogP contribution in [0.2, 0.25) is 0 Å². The van der Waals surface area contributed by atoms with Crippen molar-refractivity contribution in [3.05, 3.63) is 0 Å². The maximum absolute atomic E-state index is 11.4. The lowest BCUT2D eigenvalue weighted by Gasteiger charge is -2.50. The van der Waals surface area contributed by atoms with Crippen molar-refractivity contribution < 1.29 is 9.90 Å². The van der Waals surface area contributed by atoms with E-state index in [1.54, 1.807) is 4.90 Å². The van der Waals surface area contributed by atoms with Crippen molar-refractivity contribution >= 4 is 6.09 Å². The molecular formula is C11H20N2O2. The highest BCUT2D eigenvalue weighted by atomic mass is 16.4. The minimum absolute atomic E-state index is 0.131. The average Bonchev–Trinajstić information content (AvgIpc) is 2.33. The van der Waals surface area contributed by atoms with Crippen LogP contribution in [0.25, 0.3) is 0 Å². The summed E-state index contributed by atoms with van der Waals surface area (Å²) in [5.74, 6) is 0. The van der Waals surface area contributed by atoms with Crippen LogP contribution in [-0.2, 0) is 0 Å². The number of nitrogens with one attached hydrogen (secondary N) is 1. The van der Waals surface area contributed by atoms with Gasteiger partial charge in [0.15, 0.2) is 0 Å². The van der Waals surface area contributed by atoms with E-state index >= 15 is 0 Å². The van der Waals surface area contributed by atoms with Crippen molar-refractivity contribution in [2.75, 3.05) is 7.05 Å². The molecule has 0 aliphatic carbocycles.